The molecule has 1 atom stereocenters. The van der Waals surface area contributed by atoms with E-state index in [0.717, 1.165) is 0 Å². The summed E-state index contributed by atoms with van der Waals surface area (Å²) in [5.41, 5.74) is 0. The van der Waals surface area contributed by atoms with Crippen LogP contribution < -0.4 is 0 Å². The molecule has 0 saturated carbocycles. The van der Waals surface area contributed by atoms with Gasteiger partial charge in [-0.05, 0) is 38.1 Å². The molecule has 29 heavy (non-hydrogen) atoms. The molecule has 0 aliphatic heterocycles. The van der Waals surface area contributed by atoms with Gasteiger partial charge in [0.25, 0.3) is 20.2 Å². The van der Waals surface area contributed by atoms with Crippen LogP contribution in [-0.2, 0) is 38.1 Å². The predicted octanol–water partition coefficient (Wildman–Crippen LogP) is 2.51. The third-order valence-corrected chi connectivity index (χ3v) is 6.20. The van der Waals surface area contributed by atoms with E-state index in [1.807, 2.05) is 0 Å². The number of rotatable bonds is 10. The predicted molar refractivity (Wildman–Crippen MR) is 104 cm³/mol. The van der Waals surface area contributed by atoms with Gasteiger partial charge in [-0.15, -0.1) is 0 Å². The van der Waals surface area contributed by atoms with Gasteiger partial charge in [-0.2, -0.15) is 16.8 Å². The second-order valence-corrected chi connectivity index (χ2v) is 9.40. The van der Waals surface area contributed by atoms with E-state index in [2.05, 4.69) is 0 Å². The number of hydrogen-bond donors (Lipinski definition) is 0. The molecule has 0 aliphatic carbocycles. The molecule has 0 spiro atoms. The lowest BCUT2D eigenvalue weighted by molar-refractivity contribution is -0.156. The first kappa shape index (κ1) is 23.0. The highest BCUT2D eigenvalue weighted by Crippen LogP contribution is 2.18. The summed E-state index contributed by atoms with van der Waals surface area (Å²) in [6.45, 7) is 2.72. The average molecular weight is 443 g/mol. The number of benzene rings is 2. The van der Waals surface area contributed by atoms with Crippen molar-refractivity contribution in [1.29, 1.82) is 0 Å². The largest absolute Gasteiger partial charge is 0.461 e. The fourth-order valence-corrected chi connectivity index (χ4v) is 4.25. The van der Waals surface area contributed by atoms with Gasteiger partial charge in [-0.3, -0.25) is 8.37 Å². The Bertz CT molecular complexity index is 1000. The molecule has 0 N–H and O–H groups in total. The summed E-state index contributed by atoms with van der Waals surface area (Å²) in [6.07, 6.45) is -2.42. The van der Waals surface area contributed by atoms with Crippen molar-refractivity contribution in [1.82, 2.24) is 0 Å². The Morgan fingerprint density at radius 1 is 0.828 bits per heavy atom. The van der Waals surface area contributed by atoms with Gasteiger partial charge in [-0.25, -0.2) is 4.79 Å². The van der Waals surface area contributed by atoms with Gasteiger partial charge in [0, 0.05) is 6.42 Å². The summed E-state index contributed by atoms with van der Waals surface area (Å²) < 4.78 is 64.2. The Morgan fingerprint density at radius 2 is 1.31 bits per heavy atom. The van der Waals surface area contributed by atoms with Crippen molar-refractivity contribution < 1.29 is 34.7 Å². The Kier molecular flexibility index (Phi) is 7.91. The first-order chi connectivity index (χ1) is 13.6. The number of hydrogen-bond acceptors (Lipinski definition) is 8. The molecule has 2 rings (SSSR count). The molecule has 0 bridgehead atoms. The Labute approximate surface area is 170 Å². The quantitative estimate of drug-likeness (QED) is 0.407. The third kappa shape index (κ3) is 6.93. The molecule has 0 amide bonds. The molecule has 0 saturated heterocycles. The van der Waals surface area contributed by atoms with E-state index >= 15 is 0 Å². The normalized spacial score (nSPS) is 13.2. The molecule has 0 fully saturated rings. The first-order valence-electron chi connectivity index (χ1n) is 8.75. The molecule has 0 aromatic heterocycles. The van der Waals surface area contributed by atoms with Crippen molar-refractivity contribution in [2.45, 2.75) is 42.3 Å². The molecule has 0 radical (unpaired) electrons. The van der Waals surface area contributed by atoms with E-state index in [1.165, 1.54) is 48.5 Å². The van der Waals surface area contributed by atoms with Crippen molar-refractivity contribution in [2.75, 3.05) is 6.61 Å². The van der Waals surface area contributed by atoms with Gasteiger partial charge in [0.1, 0.15) is 0 Å². The van der Waals surface area contributed by atoms with Crippen molar-refractivity contribution >= 4 is 26.2 Å². The van der Waals surface area contributed by atoms with Gasteiger partial charge in [0.05, 0.1) is 22.5 Å². The van der Waals surface area contributed by atoms with Gasteiger partial charge in [0.2, 0.25) is 0 Å². The lowest BCUT2D eigenvalue weighted by Crippen LogP contribution is -2.32. The van der Waals surface area contributed by atoms with Crippen LogP contribution >= 0.6 is 0 Å². The minimum Gasteiger partial charge on any atom is -0.461 e. The van der Waals surface area contributed by atoms with E-state index in [4.69, 9.17) is 13.1 Å². The fourth-order valence-electron chi connectivity index (χ4n) is 2.23. The van der Waals surface area contributed by atoms with E-state index in [9.17, 15) is 21.6 Å². The van der Waals surface area contributed by atoms with Crippen LogP contribution in [0.5, 0.6) is 0 Å². The maximum absolute atomic E-state index is 12.4. The number of esters is 1. The Hall–Kier alpha value is -2.27. The molecule has 2 aromatic rings. The molecule has 8 nitrogen and oxygen atoms in total. The minimum absolute atomic E-state index is 0.0564. The molecule has 10 heteroatoms. The van der Waals surface area contributed by atoms with E-state index in [0.29, 0.717) is 0 Å². The highest BCUT2D eigenvalue weighted by Gasteiger charge is 2.30. The van der Waals surface area contributed by atoms with Crippen LogP contribution in [0.2, 0.25) is 0 Å². The van der Waals surface area contributed by atoms with Gasteiger partial charge < -0.3 is 4.74 Å². The van der Waals surface area contributed by atoms with Gasteiger partial charge >= 0.3 is 5.97 Å². The number of carbonyl (C=O) groups is 1. The summed E-state index contributed by atoms with van der Waals surface area (Å²) >= 11 is 0. The highest BCUT2D eigenvalue weighted by molar-refractivity contribution is 7.87. The van der Waals surface area contributed by atoms with Crippen LogP contribution in [0.25, 0.3) is 0 Å². The van der Waals surface area contributed by atoms with E-state index in [-0.39, 0.29) is 16.2 Å². The van der Waals surface area contributed by atoms with E-state index in [1.54, 1.807) is 26.0 Å². The third-order valence-electron chi connectivity index (χ3n) is 3.54. The van der Waals surface area contributed by atoms with Gasteiger partial charge in [0.15, 0.2) is 6.10 Å². The average Bonchev–Trinajstić information content (AvgIpc) is 2.68. The maximum atomic E-state index is 12.4. The lowest BCUT2D eigenvalue weighted by atomic mass is 10.3. The summed E-state index contributed by atoms with van der Waals surface area (Å²) in [5, 5.41) is 0. The van der Waals surface area contributed by atoms with Crippen LogP contribution in [0.1, 0.15) is 20.3 Å². The zero-order valence-corrected chi connectivity index (χ0v) is 17.6. The maximum Gasteiger partial charge on any atom is 0.337 e. The van der Waals surface area contributed by atoms with Crippen LogP contribution in [-0.4, -0.2) is 41.6 Å². The zero-order chi connectivity index (χ0) is 21.5. The van der Waals surface area contributed by atoms with E-state index < -0.39 is 45.0 Å². The van der Waals surface area contributed by atoms with Crippen LogP contribution in [0, 0.1) is 0 Å². The van der Waals surface area contributed by atoms with Crippen LogP contribution in [0.3, 0.4) is 0 Å². The molecule has 2 aromatic carbocycles. The van der Waals surface area contributed by atoms with Crippen molar-refractivity contribution in [3.8, 4) is 0 Å². The van der Waals surface area contributed by atoms with Crippen molar-refractivity contribution in [3.63, 3.8) is 0 Å². The molecular weight excluding hydrogens is 420 g/mol. The summed E-state index contributed by atoms with van der Waals surface area (Å²) in [5.74, 6) is -0.930. The second-order valence-electron chi connectivity index (χ2n) is 6.22. The topological polar surface area (TPSA) is 113 Å². The Balaban J connectivity index is 2.11. The Morgan fingerprint density at radius 3 is 1.79 bits per heavy atom. The second kappa shape index (κ2) is 9.97. The number of carbonyl (C=O) groups excluding carboxylic acids is 1. The van der Waals surface area contributed by atoms with Crippen molar-refractivity contribution in [3.05, 3.63) is 60.7 Å². The molecule has 1 unspecified atom stereocenters. The number of ether oxygens (including phenoxy) is 1. The first-order valence-corrected chi connectivity index (χ1v) is 11.6. The lowest BCUT2D eigenvalue weighted by Gasteiger charge is -2.18. The molecule has 0 heterocycles. The van der Waals surface area contributed by atoms with Gasteiger partial charge in [-0.1, -0.05) is 36.4 Å². The zero-order valence-electron chi connectivity index (χ0n) is 15.9. The summed E-state index contributed by atoms with van der Waals surface area (Å²) in [4.78, 5) is 12.1. The summed E-state index contributed by atoms with van der Waals surface area (Å²) in [7, 11) is -8.32. The SMILES string of the molecule is CC(C)OC(=O)C(CCOS(=O)(=O)c1ccccc1)OS(=O)(=O)c1ccccc1. The smallest absolute Gasteiger partial charge is 0.337 e. The minimum atomic E-state index is -4.26. The monoisotopic (exact) mass is 442 g/mol. The standard InChI is InChI=1S/C19H22O8S2/c1-15(2)26-19(20)18(27-29(23,24)17-11-7-4-8-12-17)13-14-25-28(21,22)16-9-5-3-6-10-16/h3-12,15,18H,13-14H2,1-2H3. The molecular formula is C19H22O8S2. The summed E-state index contributed by atoms with van der Waals surface area (Å²) in [6, 6.07) is 14.7. The van der Waals surface area contributed by atoms with Crippen molar-refractivity contribution in [2.24, 2.45) is 0 Å². The fraction of sp³-hybridized carbons (Fsp3) is 0.316. The molecule has 158 valence electrons. The van der Waals surface area contributed by atoms with Crippen LogP contribution in [0.15, 0.2) is 70.5 Å². The van der Waals surface area contributed by atoms with Crippen LogP contribution in [0.4, 0.5) is 0 Å². The highest BCUT2D eigenvalue weighted by atomic mass is 32.2. The molecule has 0 aliphatic rings.